The van der Waals surface area contributed by atoms with Gasteiger partial charge in [-0.05, 0) is 55.6 Å². The predicted octanol–water partition coefficient (Wildman–Crippen LogP) is 2.47. The van der Waals surface area contributed by atoms with E-state index in [0.717, 1.165) is 21.5 Å². The Morgan fingerprint density at radius 3 is 2.46 bits per heavy atom. The molecular formula is C28H30N4O6S. The molecule has 0 aliphatic carbocycles. The van der Waals surface area contributed by atoms with E-state index in [0.29, 0.717) is 33.1 Å². The van der Waals surface area contributed by atoms with Crippen LogP contribution in [0, 0.1) is 0 Å². The van der Waals surface area contributed by atoms with E-state index in [4.69, 9.17) is 9.47 Å². The predicted molar refractivity (Wildman–Crippen MR) is 150 cm³/mol. The molecular weight excluding hydrogens is 520 g/mol. The maximum Gasteiger partial charge on any atom is 0.338 e. The Bertz CT molecular complexity index is 1620. The average Bonchev–Trinajstić information content (AvgIpc) is 3.39. The van der Waals surface area contributed by atoms with Crippen LogP contribution < -0.4 is 21.3 Å². The third-order valence-corrected chi connectivity index (χ3v) is 7.33. The molecule has 1 amide bonds. The van der Waals surface area contributed by atoms with E-state index in [2.05, 4.69) is 5.32 Å². The van der Waals surface area contributed by atoms with E-state index in [-0.39, 0.29) is 31.0 Å². The highest BCUT2D eigenvalue weighted by molar-refractivity contribution is 7.20. The van der Waals surface area contributed by atoms with E-state index < -0.39 is 17.2 Å². The van der Waals surface area contributed by atoms with Crippen LogP contribution in [0.4, 0.5) is 0 Å². The molecule has 0 saturated carbocycles. The maximum atomic E-state index is 13.3. The molecule has 2 aromatic carbocycles. The summed E-state index contributed by atoms with van der Waals surface area (Å²) in [6.45, 7) is 1.20. The van der Waals surface area contributed by atoms with E-state index in [1.165, 1.54) is 10.6 Å². The minimum Gasteiger partial charge on any atom is -0.497 e. The third kappa shape index (κ3) is 6.44. The van der Waals surface area contributed by atoms with Crippen LogP contribution in [0.5, 0.6) is 5.75 Å². The summed E-state index contributed by atoms with van der Waals surface area (Å²) in [6.07, 6.45) is 0. The van der Waals surface area contributed by atoms with Crippen LogP contribution in [0.1, 0.15) is 31.2 Å². The van der Waals surface area contributed by atoms with Gasteiger partial charge in [-0.25, -0.2) is 9.59 Å². The van der Waals surface area contributed by atoms with Crippen LogP contribution in [0.25, 0.3) is 10.2 Å². The highest BCUT2D eigenvalue weighted by Crippen LogP contribution is 2.22. The summed E-state index contributed by atoms with van der Waals surface area (Å²) in [4.78, 5) is 54.0. The monoisotopic (exact) mass is 550 g/mol. The van der Waals surface area contributed by atoms with Crippen LogP contribution in [0.3, 0.4) is 0 Å². The number of methoxy groups -OCH3 is 1. The minimum absolute atomic E-state index is 0.0185. The Kier molecular flexibility index (Phi) is 8.62. The molecule has 39 heavy (non-hydrogen) atoms. The average molecular weight is 551 g/mol. The molecule has 0 atom stereocenters. The number of carbonyl (C=O) groups is 2. The van der Waals surface area contributed by atoms with Crippen molar-refractivity contribution in [2.75, 3.05) is 34.4 Å². The molecule has 0 spiro atoms. The number of amides is 1. The molecule has 2 heterocycles. The molecule has 0 aliphatic rings. The Balaban J connectivity index is 1.51. The SMILES string of the molecule is COc1cccc(CNC(=O)c2cc3c(=O)n(Cc4ccc(C(=O)OCCN(C)C)cc4)c(=O)n(C)c3s2)c1. The molecule has 4 rings (SSSR count). The van der Waals surface area contributed by atoms with Crippen LogP contribution in [-0.2, 0) is 24.9 Å². The first-order valence-corrected chi connectivity index (χ1v) is 13.0. The van der Waals surface area contributed by atoms with Crippen molar-refractivity contribution in [1.29, 1.82) is 0 Å². The fourth-order valence-electron chi connectivity index (χ4n) is 3.92. The number of ether oxygens (including phenoxy) is 2. The van der Waals surface area contributed by atoms with Gasteiger partial charge in [0, 0.05) is 20.1 Å². The molecule has 0 saturated heterocycles. The van der Waals surface area contributed by atoms with E-state index >= 15 is 0 Å². The van der Waals surface area contributed by atoms with Crippen LogP contribution in [-0.4, -0.2) is 60.3 Å². The van der Waals surface area contributed by atoms with Crippen molar-refractivity contribution < 1.29 is 19.1 Å². The number of likely N-dealkylation sites (N-methyl/N-ethyl adjacent to an activating group) is 1. The highest BCUT2D eigenvalue weighted by Gasteiger charge is 2.18. The van der Waals surface area contributed by atoms with Crippen molar-refractivity contribution in [3.8, 4) is 5.75 Å². The lowest BCUT2D eigenvalue weighted by Gasteiger charge is -2.11. The lowest BCUT2D eigenvalue weighted by atomic mass is 10.1. The third-order valence-electron chi connectivity index (χ3n) is 6.12. The van der Waals surface area contributed by atoms with Gasteiger partial charge in [0.2, 0.25) is 0 Å². The van der Waals surface area contributed by atoms with Crippen molar-refractivity contribution in [2.45, 2.75) is 13.1 Å². The number of rotatable bonds is 10. The molecule has 0 aliphatic heterocycles. The van der Waals surface area contributed by atoms with Crippen molar-refractivity contribution >= 4 is 33.4 Å². The summed E-state index contributed by atoms with van der Waals surface area (Å²) >= 11 is 1.09. The summed E-state index contributed by atoms with van der Waals surface area (Å²) in [5.74, 6) is -0.0902. The smallest absolute Gasteiger partial charge is 0.338 e. The molecule has 2 aromatic heterocycles. The molecule has 1 N–H and O–H groups in total. The van der Waals surface area contributed by atoms with Crippen molar-refractivity contribution in [3.05, 3.63) is 97.0 Å². The molecule has 0 unspecified atom stereocenters. The number of esters is 1. The van der Waals surface area contributed by atoms with Gasteiger partial charge in [0.05, 0.1) is 29.5 Å². The lowest BCUT2D eigenvalue weighted by Crippen LogP contribution is -2.38. The molecule has 204 valence electrons. The second-order valence-corrected chi connectivity index (χ2v) is 10.3. The van der Waals surface area contributed by atoms with E-state index in [9.17, 15) is 19.2 Å². The highest BCUT2D eigenvalue weighted by atomic mass is 32.1. The topological polar surface area (TPSA) is 112 Å². The van der Waals surface area contributed by atoms with Gasteiger partial charge in [-0.1, -0.05) is 24.3 Å². The van der Waals surface area contributed by atoms with Gasteiger partial charge in [-0.3, -0.25) is 18.7 Å². The first kappa shape index (κ1) is 27.8. The Labute approximate surface area is 229 Å². The first-order chi connectivity index (χ1) is 18.7. The Hall–Kier alpha value is -4.22. The summed E-state index contributed by atoms with van der Waals surface area (Å²) < 4.78 is 13.0. The summed E-state index contributed by atoms with van der Waals surface area (Å²) in [5, 5.41) is 3.13. The fourth-order valence-corrected chi connectivity index (χ4v) is 4.94. The molecule has 4 aromatic rings. The quantitative estimate of drug-likeness (QED) is 0.302. The van der Waals surface area contributed by atoms with Gasteiger partial charge in [0.25, 0.3) is 11.5 Å². The number of aryl methyl sites for hydroxylation is 1. The normalized spacial score (nSPS) is 11.1. The number of nitrogens with one attached hydrogen (secondary N) is 1. The number of benzene rings is 2. The standard InChI is InChI=1S/C28H30N4O6S/c1-30(2)12-13-38-27(35)20-10-8-18(9-11-20)17-32-25(34)22-15-23(39-26(22)31(3)28(32)36)24(33)29-16-19-6-5-7-21(14-19)37-4/h5-11,14-15H,12-13,16-17H2,1-4H3,(H,29,33). The van der Waals surface area contributed by atoms with Gasteiger partial charge in [-0.15, -0.1) is 11.3 Å². The first-order valence-electron chi connectivity index (χ1n) is 12.2. The van der Waals surface area contributed by atoms with Gasteiger partial charge in [-0.2, -0.15) is 0 Å². The Morgan fingerprint density at radius 1 is 1.03 bits per heavy atom. The molecule has 0 fully saturated rings. The van der Waals surface area contributed by atoms with Crippen molar-refractivity contribution in [2.24, 2.45) is 7.05 Å². The maximum absolute atomic E-state index is 13.3. The van der Waals surface area contributed by atoms with Gasteiger partial charge in [0.1, 0.15) is 17.2 Å². The largest absolute Gasteiger partial charge is 0.497 e. The zero-order valence-electron chi connectivity index (χ0n) is 22.2. The summed E-state index contributed by atoms with van der Waals surface area (Å²) in [6, 6.07) is 15.5. The number of carbonyl (C=O) groups excluding carboxylic acids is 2. The van der Waals surface area contributed by atoms with Gasteiger partial charge in [0.15, 0.2) is 0 Å². The zero-order valence-corrected chi connectivity index (χ0v) is 23.0. The van der Waals surface area contributed by atoms with Crippen molar-refractivity contribution in [3.63, 3.8) is 0 Å². The second kappa shape index (κ2) is 12.1. The number of hydrogen-bond acceptors (Lipinski definition) is 8. The second-order valence-electron chi connectivity index (χ2n) is 9.23. The van der Waals surface area contributed by atoms with Crippen LogP contribution >= 0.6 is 11.3 Å². The number of nitrogens with zero attached hydrogens (tertiary/aromatic N) is 3. The molecule has 11 heteroatoms. The number of fused-ring (bicyclic) bond motifs is 1. The summed E-state index contributed by atoms with van der Waals surface area (Å²) in [5.41, 5.74) is 0.945. The minimum atomic E-state index is -0.495. The number of aromatic nitrogens is 2. The Morgan fingerprint density at radius 2 is 1.77 bits per heavy atom. The molecule has 0 bridgehead atoms. The van der Waals surface area contributed by atoms with Gasteiger partial charge < -0.3 is 19.7 Å². The zero-order chi connectivity index (χ0) is 28.1. The van der Waals surface area contributed by atoms with Crippen LogP contribution in [0.15, 0.2) is 64.2 Å². The van der Waals surface area contributed by atoms with Gasteiger partial charge >= 0.3 is 11.7 Å². The van der Waals surface area contributed by atoms with Crippen molar-refractivity contribution in [1.82, 2.24) is 19.4 Å². The summed E-state index contributed by atoms with van der Waals surface area (Å²) in [7, 11) is 6.93. The fraction of sp³-hybridized carbons (Fsp3) is 0.286. The van der Waals surface area contributed by atoms with E-state index in [1.807, 2.05) is 43.3 Å². The van der Waals surface area contributed by atoms with Crippen LogP contribution in [0.2, 0.25) is 0 Å². The number of hydrogen-bond donors (Lipinski definition) is 1. The lowest BCUT2D eigenvalue weighted by molar-refractivity contribution is 0.0481. The number of thiophene rings is 1. The molecule has 0 radical (unpaired) electrons. The van der Waals surface area contributed by atoms with E-state index in [1.54, 1.807) is 38.4 Å². The molecule has 10 nitrogen and oxygen atoms in total.